The van der Waals surface area contributed by atoms with E-state index in [0.29, 0.717) is 17.0 Å². The minimum Gasteiger partial charge on any atom is -0.496 e. The molecular weight excluding hydrogens is 384 g/mol. The largest absolute Gasteiger partial charge is 0.496 e. The van der Waals surface area contributed by atoms with Crippen molar-refractivity contribution in [1.82, 2.24) is 4.57 Å². The molecule has 0 bridgehead atoms. The molecule has 6 nitrogen and oxygen atoms in total. The fourth-order valence-corrected chi connectivity index (χ4v) is 5.49. The van der Waals surface area contributed by atoms with Gasteiger partial charge in [0.25, 0.3) is 10.0 Å². The van der Waals surface area contributed by atoms with Gasteiger partial charge < -0.3 is 4.74 Å². The number of hydrogen-bond acceptors (Lipinski definition) is 5. The second-order valence-electron chi connectivity index (χ2n) is 6.71. The van der Waals surface area contributed by atoms with E-state index in [2.05, 4.69) is 4.72 Å². The normalized spacial score (nSPS) is 11.9. The first-order valence-electron chi connectivity index (χ1n) is 8.47. The van der Waals surface area contributed by atoms with Gasteiger partial charge in [-0.15, -0.1) is 0 Å². The van der Waals surface area contributed by atoms with Crippen molar-refractivity contribution in [3.63, 3.8) is 0 Å². The number of aromatic nitrogens is 1. The zero-order valence-electron chi connectivity index (χ0n) is 15.9. The Morgan fingerprint density at radius 1 is 1.11 bits per heavy atom. The molecule has 1 aromatic heterocycles. The first-order valence-corrected chi connectivity index (χ1v) is 10.8. The quantitative estimate of drug-likeness (QED) is 0.693. The Morgan fingerprint density at radius 2 is 1.81 bits per heavy atom. The molecule has 0 atom stereocenters. The fourth-order valence-electron chi connectivity index (χ4n) is 3.07. The molecule has 3 rings (SSSR count). The second-order valence-corrected chi connectivity index (χ2v) is 9.35. The molecule has 0 fully saturated rings. The molecule has 0 amide bonds. The van der Waals surface area contributed by atoms with Crippen molar-refractivity contribution in [2.24, 2.45) is 0 Å². The van der Waals surface area contributed by atoms with Crippen LogP contribution in [0.4, 0.5) is 5.69 Å². The van der Waals surface area contributed by atoms with Crippen LogP contribution in [0.2, 0.25) is 0 Å². The number of nitrogens with zero attached hydrogens (tertiary/aromatic N) is 1. The van der Waals surface area contributed by atoms with Crippen molar-refractivity contribution in [2.75, 3.05) is 11.8 Å². The molecule has 1 heterocycles. The van der Waals surface area contributed by atoms with Crippen molar-refractivity contribution in [3.05, 3.63) is 51.1 Å². The lowest BCUT2D eigenvalue weighted by Crippen LogP contribution is -2.15. The van der Waals surface area contributed by atoms with Crippen LogP contribution >= 0.6 is 11.3 Å². The first-order chi connectivity index (χ1) is 12.6. The predicted molar refractivity (Wildman–Crippen MR) is 110 cm³/mol. The topological polar surface area (TPSA) is 77.4 Å². The van der Waals surface area contributed by atoms with Gasteiger partial charge in [0.2, 0.25) is 0 Å². The van der Waals surface area contributed by atoms with Crippen molar-refractivity contribution < 1.29 is 13.2 Å². The summed E-state index contributed by atoms with van der Waals surface area (Å²) in [6.07, 6.45) is 0. The van der Waals surface area contributed by atoms with Gasteiger partial charge in [-0.3, -0.25) is 14.1 Å². The highest BCUT2D eigenvalue weighted by Crippen LogP contribution is 2.29. The summed E-state index contributed by atoms with van der Waals surface area (Å²) in [4.78, 5) is 12.3. The molecule has 2 aromatic carbocycles. The number of fused-ring (bicyclic) bond motifs is 1. The highest BCUT2D eigenvalue weighted by atomic mass is 32.2. The molecule has 1 N–H and O–H groups in total. The van der Waals surface area contributed by atoms with Gasteiger partial charge in [0, 0.05) is 6.04 Å². The minimum absolute atomic E-state index is 0.0405. The summed E-state index contributed by atoms with van der Waals surface area (Å²) in [6, 6.07) is 8.50. The van der Waals surface area contributed by atoms with Crippen LogP contribution in [0.1, 0.15) is 31.0 Å². The maximum atomic E-state index is 12.9. The van der Waals surface area contributed by atoms with Crippen molar-refractivity contribution in [1.29, 1.82) is 0 Å². The zero-order chi connectivity index (χ0) is 19.9. The lowest BCUT2D eigenvalue weighted by atomic mass is 10.1. The summed E-state index contributed by atoms with van der Waals surface area (Å²) in [6.45, 7) is 7.42. The third kappa shape index (κ3) is 3.59. The van der Waals surface area contributed by atoms with Crippen LogP contribution in [0.15, 0.2) is 40.0 Å². The molecule has 0 radical (unpaired) electrons. The highest BCUT2D eigenvalue weighted by molar-refractivity contribution is 7.92. The second kappa shape index (κ2) is 7.01. The van der Waals surface area contributed by atoms with Gasteiger partial charge in [-0.2, -0.15) is 0 Å². The first kappa shape index (κ1) is 19.4. The van der Waals surface area contributed by atoms with Crippen LogP contribution < -0.4 is 14.3 Å². The molecule has 0 aliphatic carbocycles. The average Bonchev–Trinajstić information content (AvgIpc) is 2.91. The van der Waals surface area contributed by atoms with E-state index < -0.39 is 10.0 Å². The predicted octanol–water partition coefficient (Wildman–Crippen LogP) is 4.07. The van der Waals surface area contributed by atoms with Gasteiger partial charge in [-0.1, -0.05) is 11.3 Å². The number of anilines is 1. The van der Waals surface area contributed by atoms with E-state index in [9.17, 15) is 13.2 Å². The minimum atomic E-state index is -3.77. The molecule has 0 saturated heterocycles. The number of nitrogens with one attached hydrogen (secondary N) is 1. The lowest BCUT2D eigenvalue weighted by Gasteiger charge is -2.14. The van der Waals surface area contributed by atoms with Gasteiger partial charge in [0.1, 0.15) is 5.75 Å². The van der Waals surface area contributed by atoms with Gasteiger partial charge in [-0.05, 0) is 69.2 Å². The van der Waals surface area contributed by atoms with Gasteiger partial charge in [0.05, 0.1) is 27.9 Å². The van der Waals surface area contributed by atoms with Gasteiger partial charge >= 0.3 is 4.87 Å². The van der Waals surface area contributed by atoms with Crippen LogP contribution in [0.5, 0.6) is 5.75 Å². The van der Waals surface area contributed by atoms with Crippen LogP contribution in [0.3, 0.4) is 0 Å². The Labute approximate surface area is 162 Å². The smallest absolute Gasteiger partial charge is 0.308 e. The highest BCUT2D eigenvalue weighted by Gasteiger charge is 2.20. The van der Waals surface area contributed by atoms with E-state index in [4.69, 9.17) is 4.74 Å². The maximum absolute atomic E-state index is 12.9. The molecule has 0 spiro atoms. The van der Waals surface area contributed by atoms with E-state index >= 15 is 0 Å². The number of thiazole rings is 1. The number of benzene rings is 2. The molecule has 0 unspecified atom stereocenters. The molecule has 3 aromatic rings. The standard InChI is InChI=1S/C19H22N2O4S2/c1-11(2)21-15-7-6-14(10-17(15)26-19(21)22)20-27(23,24)18-9-12(3)16(25-5)8-13(18)4/h6-11,20H,1-5H3. The van der Waals surface area contributed by atoms with Crippen LogP contribution in [0, 0.1) is 13.8 Å². The van der Waals surface area contributed by atoms with Gasteiger partial charge in [-0.25, -0.2) is 8.42 Å². The Morgan fingerprint density at radius 3 is 2.44 bits per heavy atom. The third-order valence-electron chi connectivity index (χ3n) is 4.36. The van der Waals surface area contributed by atoms with E-state index in [-0.39, 0.29) is 15.8 Å². The molecule has 0 aliphatic heterocycles. The number of ether oxygens (including phenoxy) is 1. The van der Waals surface area contributed by atoms with Crippen LogP contribution in [-0.4, -0.2) is 20.1 Å². The summed E-state index contributed by atoms with van der Waals surface area (Å²) in [7, 11) is -2.21. The van der Waals surface area contributed by atoms with E-state index in [1.807, 2.05) is 13.8 Å². The molecule has 0 saturated carbocycles. The Bertz CT molecular complexity index is 1170. The average molecular weight is 407 g/mol. The number of aryl methyl sites for hydroxylation is 2. The Hall–Kier alpha value is -2.32. The van der Waals surface area contributed by atoms with E-state index in [0.717, 1.165) is 27.1 Å². The molecular formula is C19H22N2O4S2. The molecule has 0 aliphatic rings. The van der Waals surface area contributed by atoms with Crippen LogP contribution in [-0.2, 0) is 10.0 Å². The van der Waals surface area contributed by atoms with Crippen LogP contribution in [0.25, 0.3) is 10.2 Å². The van der Waals surface area contributed by atoms with Crippen molar-refractivity contribution >= 4 is 37.3 Å². The van der Waals surface area contributed by atoms with Gasteiger partial charge in [0.15, 0.2) is 0 Å². The monoisotopic (exact) mass is 406 g/mol. The summed E-state index contributed by atoms with van der Waals surface area (Å²) in [5.74, 6) is 0.646. The number of sulfonamides is 1. The zero-order valence-corrected chi connectivity index (χ0v) is 17.5. The van der Waals surface area contributed by atoms with E-state index in [1.54, 1.807) is 55.9 Å². The molecule has 27 heavy (non-hydrogen) atoms. The SMILES string of the molecule is COc1cc(C)c(S(=O)(=O)Nc2ccc3c(c2)sc(=O)n3C(C)C)cc1C. The van der Waals surface area contributed by atoms with E-state index in [1.165, 1.54) is 0 Å². The molecule has 8 heteroatoms. The third-order valence-corrected chi connectivity index (χ3v) is 6.81. The summed E-state index contributed by atoms with van der Waals surface area (Å²) < 4.78 is 36.1. The summed E-state index contributed by atoms with van der Waals surface area (Å²) >= 11 is 1.11. The number of hydrogen-bond donors (Lipinski definition) is 1. The number of methoxy groups -OCH3 is 1. The summed E-state index contributed by atoms with van der Waals surface area (Å²) in [5.41, 5.74) is 2.57. The summed E-state index contributed by atoms with van der Waals surface area (Å²) in [5, 5.41) is 0. The fraction of sp³-hybridized carbons (Fsp3) is 0.316. The van der Waals surface area contributed by atoms with Crippen molar-refractivity contribution in [3.8, 4) is 5.75 Å². The maximum Gasteiger partial charge on any atom is 0.308 e. The molecule has 144 valence electrons. The number of rotatable bonds is 5. The Balaban J connectivity index is 2.02. The lowest BCUT2D eigenvalue weighted by molar-refractivity contribution is 0.411. The Kier molecular flexibility index (Phi) is 5.05. The van der Waals surface area contributed by atoms with Crippen molar-refractivity contribution in [2.45, 2.75) is 38.6 Å².